The molecule has 0 bridgehead atoms. The third-order valence-corrected chi connectivity index (χ3v) is 6.06. The molecule has 0 radical (unpaired) electrons. The Morgan fingerprint density at radius 1 is 1.00 bits per heavy atom. The predicted molar refractivity (Wildman–Crippen MR) is 114 cm³/mol. The molecule has 11 heteroatoms. The van der Waals surface area contributed by atoms with Crippen LogP contribution in [0, 0.1) is 0 Å². The van der Waals surface area contributed by atoms with Gasteiger partial charge in [0.05, 0.1) is 9.77 Å². The molecule has 0 aliphatic heterocycles. The summed E-state index contributed by atoms with van der Waals surface area (Å²) in [6.45, 7) is 0.383. The van der Waals surface area contributed by atoms with Crippen molar-refractivity contribution in [2.75, 3.05) is 16.6 Å². The van der Waals surface area contributed by atoms with Gasteiger partial charge in [0.1, 0.15) is 0 Å². The third-order valence-electron chi connectivity index (χ3n) is 3.85. The van der Waals surface area contributed by atoms with Crippen LogP contribution in [-0.4, -0.2) is 36.7 Å². The van der Waals surface area contributed by atoms with Gasteiger partial charge in [0.2, 0.25) is 11.9 Å². The van der Waals surface area contributed by atoms with E-state index in [0.717, 1.165) is 0 Å². The van der Waals surface area contributed by atoms with Gasteiger partial charge in [-0.05, 0) is 48.2 Å². The van der Waals surface area contributed by atoms with Crippen LogP contribution in [0.25, 0.3) is 0 Å². The van der Waals surface area contributed by atoms with Gasteiger partial charge in [0.15, 0.2) is 0 Å². The fourth-order valence-electron chi connectivity index (χ4n) is 2.42. The summed E-state index contributed by atoms with van der Waals surface area (Å²) in [5, 5.41) is 7.28. The molecule has 3 N–H and O–H groups in total. The number of hydrogen-bond acceptors (Lipinski definition) is 7. The first-order valence-electron chi connectivity index (χ1n) is 8.95. The molecule has 3 rings (SSSR count). The molecule has 0 aliphatic rings. The highest BCUT2D eigenvalue weighted by atomic mass is 32.2. The van der Waals surface area contributed by atoms with Crippen molar-refractivity contribution in [3.05, 3.63) is 65.1 Å². The van der Waals surface area contributed by atoms with E-state index >= 15 is 0 Å². The van der Waals surface area contributed by atoms with Crippen molar-refractivity contribution in [3.8, 4) is 0 Å². The highest BCUT2D eigenvalue weighted by Crippen LogP contribution is 2.16. The quantitative estimate of drug-likeness (QED) is 0.434. The number of thiophene rings is 1. The fraction of sp³-hybridized carbons (Fsp3) is 0.158. The van der Waals surface area contributed by atoms with E-state index in [1.807, 2.05) is 5.38 Å². The van der Waals surface area contributed by atoms with Crippen molar-refractivity contribution in [3.63, 3.8) is 0 Å². The maximum absolute atomic E-state index is 12.3. The van der Waals surface area contributed by atoms with Crippen molar-refractivity contribution in [2.45, 2.75) is 17.7 Å². The molecular formula is C19H19N5O4S2. The lowest BCUT2D eigenvalue weighted by molar-refractivity contribution is -0.116. The smallest absolute Gasteiger partial charge is 0.264 e. The molecule has 9 nitrogen and oxygen atoms in total. The van der Waals surface area contributed by atoms with E-state index in [2.05, 4.69) is 25.3 Å². The zero-order chi connectivity index (χ0) is 21.4. The number of rotatable bonds is 9. The first-order chi connectivity index (χ1) is 14.4. The van der Waals surface area contributed by atoms with Crippen molar-refractivity contribution in [1.82, 2.24) is 15.3 Å². The molecule has 2 aromatic heterocycles. The number of aromatic nitrogens is 2. The van der Waals surface area contributed by atoms with E-state index in [4.69, 9.17) is 0 Å². The van der Waals surface area contributed by atoms with Gasteiger partial charge in [-0.1, -0.05) is 6.07 Å². The first-order valence-corrected chi connectivity index (χ1v) is 11.3. The summed E-state index contributed by atoms with van der Waals surface area (Å²) in [5.41, 5.74) is 0.470. The molecule has 2 heterocycles. The molecule has 0 spiro atoms. The van der Waals surface area contributed by atoms with Crippen molar-refractivity contribution in [1.29, 1.82) is 0 Å². The zero-order valence-electron chi connectivity index (χ0n) is 15.7. The van der Waals surface area contributed by atoms with Crippen LogP contribution < -0.4 is 15.4 Å². The van der Waals surface area contributed by atoms with Crippen LogP contribution in [0.4, 0.5) is 11.6 Å². The van der Waals surface area contributed by atoms with Crippen molar-refractivity contribution >= 4 is 44.8 Å². The molecule has 156 valence electrons. The van der Waals surface area contributed by atoms with E-state index in [1.54, 1.807) is 18.2 Å². The molecular weight excluding hydrogens is 426 g/mol. The van der Waals surface area contributed by atoms with Gasteiger partial charge in [-0.2, -0.15) is 0 Å². The van der Waals surface area contributed by atoms with Crippen LogP contribution in [0.5, 0.6) is 0 Å². The van der Waals surface area contributed by atoms with Crippen molar-refractivity contribution in [2.24, 2.45) is 0 Å². The number of anilines is 2. The molecule has 0 fully saturated rings. The Morgan fingerprint density at radius 2 is 1.73 bits per heavy atom. The molecule has 0 saturated carbocycles. The molecule has 0 unspecified atom stereocenters. The molecule has 0 saturated heterocycles. The Hall–Kier alpha value is -3.31. The normalized spacial score (nSPS) is 10.9. The van der Waals surface area contributed by atoms with Crippen molar-refractivity contribution < 1.29 is 18.0 Å². The summed E-state index contributed by atoms with van der Waals surface area (Å²) in [5.74, 6) is -0.412. The van der Waals surface area contributed by atoms with Gasteiger partial charge in [0.25, 0.3) is 15.9 Å². The minimum atomic E-state index is -3.83. The summed E-state index contributed by atoms with van der Waals surface area (Å²) < 4.78 is 27.0. The van der Waals surface area contributed by atoms with E-state index < -0.39 is 10.0 Å². The second-order valence-corrected chi connectivity index (χ2v) is 8.72. The molecule has 0 aliphatic carbocycles. The van der Waals surface area contributed by atoms with E-state index in [1.165, 1.54) is 48.0 Å². The van der Waals surface area contributed by atoms with Gasteiger partial charge in [-0.3, -0.25) is 9.59 Å². The van der Waals surface area contributed by atoms with Crippen LogP contribution in [0.15, 0.2) is 65.1 Å². The lowest BCUT2D eigenvalue weighted by atomic mass is 10.2. The summed E-state index contributed by atoms with van der Waals surface area (Å²) in [6.07, 6.45) is 3.56. The number of benzene rings is 1. The van der Waals surface area contributed by atoms with E-state index in [9.17, 15) is 18.0 Å². The number of carbonyl (C=O) groups is 2. The number of amides is 2. The van der Waals surface area contributed by atoms with Crippen LogP contribution in [0.1, 0.15) is 22.5 Å². The minimum Gasteiger partial charge on any atom is -0.351 e. The van der Waals surface area contributed by atoms with Crippen LogP contribution in [0.3, 0.4) is 0 Å². The third kappa shape index (κ3) is 6.09. The number of hydrogen-bond donors (Lipinski definition) is 3. The molecule has 2 amide bonds. The Morgan fingerprint density at radius 3 is 2.40 bits per heavy atom. The molecule has 30 heavy (non-hydrogen) atoms. The summed E-state index contributed by atoms with van der Waals surface area (Å²) in [6, 6.07) is 10.9. The number of nitrogens with zero attached hydrogens (tertiary/aromatic N) is 2. The molecule has 0 atom stereocenters. The monoisotopic (exact) mass is 445 g/mol. The van der Waals surface area contributed by atoms with Gasteiger partial charge in [-0.15, -0.1) is 11.3 Å². The van der Waals surface area contributed by atoms with Crippen LogP contribution in [0.2, 0.25) is 0 Å². The Balaban J connectivity index is 1.45. The minimum absolute atomic E-state index is 0.0178. The number of nitrogens with one attached hydrogen (secondary N) is 3. The Labute approximate surface area is 177 Å². The number of carbonyl (C=O) groups excluding carboxylic acids is 2. The second-order valence-electron chi connectivity index (χ2n) is 6.09. The lowest BCUT2D eigenvalue weighted by Gasteiger charge is -2.09. The van der Waals surface area contributed by atoms with Crippen LogP contribution >= 0.6 is 11.3 Å². The summed E-state index contributed by atoms with van der Waals surface area (Å²) >= 11 is 1.35. The van der Waals surface area contributed by atoms with Gasteiger partial charge in [-0.25, -0.2) is 23.1 Å². The van der Waals surface area contributed by atoms with E-state index in [-0.39, 0.29) is 29.1 Å². The molecule has 3 aromatic rings. The average Bonchev–Trinajstić information content (AvgIpc) is 3.27. The SMILES string of the molecule is O=C(CCCNC(=O)c1cccs1)Nc1ccc(S(=O)(=O)Nc2ncccn2)cc1. The zero-order valence-corrected chi connectivity index (χ0v) is 17.4. The second kappa shape index (κ2) is 9.94. The van der Waals surface area contributed by atoms with Crippen LogP contribution in [-0.2, 0) is 14.8 Å². The summed E-state index contributed by atoms with van der Waals surface area (Å²) in [4.78, 5) is 32.1. The highest BCUT2D eigenvalue weighted by Gasteiger charge is 2.15. The lowest BCUT2D eigenvalue weighted by Crippen LogP contribution is -2.24. The Kier molecular flexibility index (Phi) is 7.09. The highest BCUT2D eigenvalue weighted by molar-refractivity contribution is 7.92. The van der Waals surface area contributed by atoms with E-state index in [0.29, 0.717) is 23.5 Å². The number of sulfonamides is 1. The average molecular weight is 446 g/mol. The molecule has 1 aromatic carbocycles. The predicted octanol–water partition coefficient (Wildman–Crippen LogP) is 2.49. The Bertz CT molecular complexity index is 1090. The standard InChI is InChI=1S/C19H19N5O4S2/c25-17(5-1-10-20-18(26)16-4-2-13-29-16)23-14-6-8-15(9-7-14)30(27,28)24-19-21-11-3-12-22-19/h2-4,6-9,11-13H,1,5,10H2,(H,20,26)(H,23,25)(H,21,22,24). The maximum atomic E-state index is 12.3. The van der Waals surface area contributed by atoms with Gasteiger partial charge >= 0.3 is 0 Å². The maximum Gasteiger partial charge on any atom is 0.264 e. The van der Waals surface area contributed by atoms with Gasteiger partial charge in [0, 0.05) is 31.0 Å². The first kappa shape index (κ1) is 21.4. The summed E-state index contributed by atoms with van der Waals surface area (Å²) in [7, 11) is -3.83. The topological polar surface area (TPSA) is 130 Å². The van der Waals surface area contributed by atoms with Gasteiger partial charge < -0.3 is 10.6 Å². The fourth-order valence-corrected chi connectivity index (χ4v) is 4.02. The largest absolute Gasteiger partial charge is 0.351 e.